The fraction of sp³-hybridized carbons (Fsp3) is 0.321. The Kier molecular flexibility index (Phi) is 9.80. The van der Waals surface area contributed by atoms with Crippen LogP contribution in [0.1, 0.15) is 36.6 Å². The Morgan fingerprint density at radius 2 is 1.88 bits per heavy atom. The lowest BCUT2D eigenvalue weighted by atomic mass is 10.0. The zero-order valence-corrected chi connectivity index (χ0v) is 22.6. The largest absolute Gasteiger partial charge is 0.573 e. The van der Waals surface area contributed by atoms with Crippen molar-refractivity contribution < 1.29 is 22.3 Å². The van der Waals surface area contributed by atoms with Gasteiger partial charge in [-0.15, -0.1) is 13.2 Å². The summed E-state index contributed by atoms with van der Waals surface area (Å²) in [7, 11) is 0. The van der Waals surface area contributed by atoms with Crippen LogP contribution < -0.4 is 32.9 Å². The number of nitrogens with one attached hydrogen (secondary N) is 2. The lowest BCUT2D eigenvalue weighted by Crippen LogP contribution is -2.23. The number of guanidine groups is 1. The molecule has 0 bridgehead atoms. The van der Waals surface area contributed by atoms with Crippen LogP contribution in [0, 0.1) is 0 Å². The van der Waals surface area contributed by atoms with E-state index in [2.05, 4.69) is 25.0 Å². The molecule has 2 heterocycles. The Bertz CT molecular complexity index is 1580. The molecule has 1 atom stereocenters. The maximum absolute atomic E-state index is 14.8. The number of aromatic amines is 1. The van der Waals surface area contributed by atoms with Crippen molar-refractivity contribution in [2.45, 2.75) is 38.3 Å². The van der Waals surface area contributed by atoms with Crippen molar-refractivity contribution >= 4 is 17.0 Å². The lowest BCUT2D eigenvalue weighted by Gasteiger charge is -2.14. The molecule has 0 radical (unpaired) electrons. The first-order chi connectivity index (χ1) is 20.0. The molecule has 224 valence electrons. The molecule has 0 aliphatic carbocycles. The van der Waals surface area contributed by atoms with Gasteiger partial charge in [-0.2, -0.15) is 4.98 Å². The summed E-state index contributed by atoms with van der Waals surface area (Å²) >= 11 is 0. The summed E-state index contributed by atoms with van der Waals surface area (Å²) in [5.41, 5.74) is 17.9. The Labute approximate surface area is 238 Å². The Morgan fingerprint density at radius 1 is 1.12 bits per heavy atom. The van der Waals surface area contributed by atoms with Gasteiger partial charge in [0.25, 0.3) is 0 Å². The van der Waals surface area contributed by atoms with E-state index >= 15 is 0 Å². The average Bonchev–Trinajstić information content (AvgIpc) is 3.35. The van der Waals surface area contributed by atoms with E-state index in [9.17, 15) is 22.4 Å². The minimum absolute atomic E-state index is 0.0229. The molecule has 8 N–H and O–H groups in total. The van der Waals surface area contributed by atoms with E-state index in [1.165, 1.54) is 10.6 Å². The quantitative estimate of drug-likeness (QED) is 0.0687. The third-order valence-electron chi connectivity index (χ3n) is 6.35. The fourth-order valence-electron chi connectivity index (χ4n) is 4.37. The van der Waals surface area contributed by atoms with Crippen LogP contribution in [0.3, 0.4) is 0 Å². The van der Waals surface area contributed by atoms with Crippen molar-refractivity contribution in [1.29, 1.82) is 0 Å². The van der Waals surface area contributed by atoms with Crippen molar-refractivity contribution in [3.63, 3.8) is 0 Å². The van der Waals surface area contributed by atoms with Gasteiger partial charge in [0.15, 0.2) is 5.96 Å². The zero-order valence-electron chi connectivity index (χ0n) is 22.6. The number of aromatic nitrogens is 3. The molecule has 4 aromatic rings. The predicted octanol–water partition coefficient (Wildman–Crippen LogP) is 3.78. The first kappa shape index (κ1) is 30.5. The van der Waals surface area contributed by atoms with E-state index in [0.717, 1.165) is 30.7 Å². The number of nitrogens with zero attached hydrogens (tertiary/aromatic N) is 3. The number of halogens is 4. The number of rotatable bonds is 13. The SMILES string of the molecule is NCCCC(F)c1cc(OC(F)(F)F)cc(-c2cc3cn(-c4ccc(CNCCCN=C(N)N)cc4)c(=O)nc3[nH]2)c1. The molecule has 2 aromatic heterocycles. The van der Waals surface area contributed by atoms with Gasteiger partial charge in [-0.3, -0.25) is 9.56 Å². The molecule has 0 fully saturated rings. The molecule has 0 aliphatic rings. The van der Waals surface area contributed by atoms with Gasteiger partial charge >= 0.3 is 12.1 Å². The predicted molar refractivity (Wildman–Crippen MR) is 153 cm³/mol. The molecular weight excluding hydrogens is 556 g/mol. The number of hydrogen-bond acceptors (Lipinski definition) is 6. The molecule has 0 saturated carbocycles. The summed E-state index contributed by atoms with van der Waals surface area (Å²) in [6.45, 7) is 2.12. The van der Waals surface area contributed by atoms with Gasteiger partial charge in [0.1, 0.15) is 17.6 Å². The molecule has 10 nitrogen and oxygen atoms in total. The smallest absolute Gasteiger partial charge is 0.406 e. The number of alkyl halides is 4. The van der Waals surface area contributed by atoms with Crippen molar-refractivity contribution in [2.24, 2.45) is 22.2 Å². The van der Waals surface area contributed by atoms with E-state index in [-0.39, 0.29) is 35.7 Å². The maximum Gasteiger partial charge on any atom is 0.573 e. The standard InChI is InChI=1S/C28H32F4N8O2/c29-23(3-1-8-33)18-11-19(13-22(12-18)42-28(30,31)32)24-14-20-16-40(27(41)39-25(20)38-24)21-6-4-17(5-7-21)15-36-9-2-10-37-26(34)35/h4-7,11-14,16,23,36H,1-3,8-10,15,33H2,(H4,34,35,37)(H,38,39,41). The molecule has 4 rings (SSSR count). The highest BCUT2D eigenvalue weighted by molar-refractivity contribution is 5.83. The number of hydrogen-bond donors (Lipinski definition) is 5. The molecule has 42 heavy (non-hydrogen) atoms. The highest BCUT2D eigenvalue weighted by Gasteiger charge is 2.31. The number of aliphatic imine (C=N–C) groups is 1. The average molecular weight is 589 g/mol. The van der Waals surface area contributed by atoms with E-state index in [1.807, 2.05) is 12.1 Å². The van der Waals surface area contributed by atoms with Crippen molar-refractivity contribution in [3.05, 3.63) is 76.3 Å². The minimum Gasteiger partial charge on any atom is -0.406 e. The highest BCUT2D eigenvalue weighted by Crippen LogP contribution is 2.35. The van der Waals surface area contributed by atoms with Crippen molar-refractivity contribution in [3.8, 4) is 22.7 Å². The number of ether oxygens (including phenoxy) is 1. The second-order valence-corrected chi connectivity index (χ2v) is 9.62. The normalized spacial score (nSPS) is 12.4. The number of benzene rings is 2. The zero-order chi connectivity index (χ0) is 30.3. The number of nitrogens with two attached hydrogens (primary N) is 3. The van der Waals surface area contributed by atoms with Gasteiger partial charge in [0.05, 0.1) is 5.69 Å². The van der Waals surface area contributed by atoms with Crippen molar-refractivity contribution in [2.75, 3.05) is 19.6 Å². The van der Waals surface area contributed by atoms with Gasteiger partial charge in [0.2, 0.25) is 0 Å². The van der Waals surface area contributed by atoms with Gasteiger partial charge in [0, 0.05) is 35.9 Å². The second-order valence-electron chi connectivity index (χ2n) is 9.62. The lowest BCUT2D eigenvalue weighted by molar-refractivity contribution is -0.274. The van der Waals surface area contributed by atoms with E-state index in [1.54, 1.807) is 24.4 Å². The van der Waals surface area contributed by atoms with E-state index < -0.39 is 24.0 Å². The molecular formula is C28H32F4N8O2. The van der Waals surface area contributed by atoms with Crippen LogP contribution in [0.15, 0.2) is 64.5 Å². The first-order valence-electron chi connectivity index (χ1n) is 13.3. The van der Waals surface area contributed by atoms with Gasteiger partial charge in [-0.05, 0) is 79.9 Å². The Hall–Kier alpha value is -4.43. The summed E-state index contributed by atoms with van der Waals surface area (Å²) in [5.74, 6) is -0.493. The molecule has 1 unspecified atom stereocenters. The second kappa shape index (κ2) is 13.5. The number of fused-ring (bicyclic) bond motifs is 1. The van der Waals surface area contributed by atoms with Crippen LogP contribution in [0.4, 0.5) is 17.6 Å². The van der Waals surface area contributed by atoms with Crippen LogP contribution in [0.2, 0.25) is 0 Å². The summed E-state index contributed by atoms with van der Waals surface area (Å²) < 4.78 is 59.2. The van der Waals surface area contributed by atoms with Crippen LogP contribution in [-0.2, 0) is 6.54 Å². The summed E-state index contributed by atoms with van der Waals surface area (Å²) in [4.78, 5) is 23.8. The third kappa shape index (κ3) is 8.30. The molecule has 0 aliphatic heterocycles. The third-order valence-corrected chi connectivity index (χ3v) is 6.35. The molecule has 14 heteroatoms. The summed E-state index contributed by atoms with van der Waals surface area (Å²) in [6.07, 6.45) is -3.72. The van der Waals surface area contributed by atoms with E-state index in [4.69, 9.17) is 17.2 Å². The van der Waals surface area contributed by atoms with Gasteiger partial charge in [-0.25, -0.2) is 9.18 Å². The van der Waals surface area contributed by atoms with E-state index in [0.29, 0.717) is 36.3 Å². The Balaban J connectivity index is 1.56. The molecule has 0 spiro atoms. The number of H-pyrrole nitrogens is 1. The minimum atomic E-state index is -4.95. The summed E-state index contributed by atoms with van der Waals surface area (Å²) in [5, 5.41) is 3.82. The molecule has 0 saturated heterocycles. The van der Waals surface area contributed by atoms with Gasteiger partial charge < -0.3 is 32.2 Å². The maximum atomic E-state index is 14.8. The highest BCUT2D eigenvalue weighted by atomic mass is 19.4. The Morgan fingerprint density at radius 3 is 2.57 bits per heavy atom. The van der Waals surface area contributed by atoms with Crippen LogP contribution in [0.5, 0.6) is 5.75 Å². The van der Waals surface area contributed by atoms with Crippen LogP contribution in [0.25, 0.3) is 28.0 Å². The van der Waals surface area contributed by atoms with Gasteiger partial charge in [-0.1, -0.05) is 12.1 Å². The monoisotopic (exact) mass is 588 g/mol. The topological polar surface area (TPSA) is 162 Å². The fourth-order valence-corrected chi connectivity index (χ4v) is 4.37. The van der Waals surface area contributed by atoms with Crippen molar-refractivity contribution in [1.82, 2.24) is 19.9 Å². The molecule has 0 amide bonds. The summed E-state index contributed by atoms with van der Waals surface area (Å²) in [6, 6.07) is 12.6. The van der Waals surface area contributed by atoms with Crippen LogP contribution in [-0.4, -0.2) is 46.5 Å². The molecule has 2 aromatic carbocycles. The van der Waals surface area contributed by atoms with Crippen LogP contribution >= 0.6 is 0 Å². The first-order valence-corrected chi connectivity index (χ1v) is 13.3.